The van der Waals surface area contributed by atoms with Crippen LogP contribution in [-0.2, 0) is 24.2 Å². The van der Waals surface area contributed by atoms with Crippen LogP contribution in [0.15, 0.2) is 48.5 Å². The van der Waals surface area contributed by atoms with E-state index in [1.165, 1.54) is 31.1 Å². The number of ether oxygens (including phenoxy) is 3. The second-order valence-corrected chi connectivity index (χ2v) is 8.98. The minimum absolute atomic E-state index is 0.265. The first-order chi connectivity index (χ1) is 16.5. The predicted molar refractivity (Wildman–Crippen MR) is 132 cm³/mol. The Kier molecular flexibility index (Phi) is 7.49. The van der Waals surface area contributed by atoms with Crippen molar-refractivity contribution in [1.29, 1.82) is 0 Å². The number of methoxy groups -OCH3 is 2. The molecular weight excluding hydrogens is 452 g/mol. The molecule has 8 heteroatoms. The van der Waals surface area contributed by atoms with Gasteiger partial charge in [0.1, 0.15) is 5.00 Å². The fourth-order valence-corrected chi connectivity index (χ4v) is 5.45. The highest BCUT2D eigenvalue weighted by Crippen LogP contribution is 2.39. The highest BCUT2D eigenvalue weighted by Gasteiger charge is 2.30. The van der Waals surface area contributed by atoms with Gasteiger partial charge in [-0.2, -0.15) is 0 Å². The molecule has 3 aromatic rings. The predicted octanol–water partition coefficient (Wildman–Crippen LogP) is 4.75. The van der Waals surface area contributed by atoms with Crippen molar-refractivity contribution in [2.75, 3.05) is 32.7 Å². The topological polar surface area (TPSA) is 77.1 Å². The number of amides is 1. The van der Waals surface area contributed by atoms with Crippen molar-refractivity contribution in [3.63, 3.8) is 0 Å². The second kappa shape index (κ2) is 10.7. The SMILES string of the molecule is CCOC(=O)c1c(NC(=O)c2cccc(OC)c2OC)sc2c1CCN(Cc1ccccc1)C2. The maximum absolute atomic E-state index is 13.2. The zero-order chi connectivity index (χ0) is 24.1. The average molecular weight is 481 g/mol. The Hall–Kier alpha value is -3.36. The summed E-state index contributed by atoms with van der Waals surface area (Å²) >= 11 is 1.43. The van der Waals surface area contributed by atoms with Gasteiger partial charge in [-0.3, -0.25) is 9.69 Å². The van der Waals surface area contributed by atoms with Gasteiger partial charge in [-0.05, 0) is 36.6 Å². The van der Waals surface area contributed by atoms with Crippen LogP contribution in [0.1, 0.15) is 43.6 Å². The maximum Gasteiger partial charge on any atom is 0.341 e. The number of rotatable bonds is 8. The number of anilines is 1. The summed E-state index contributed by atoms with van der Waals surface area (Å²) in [5.74, 6) is 0.0174. The van der Waals surface area contributed by atoms with Crippen LogP contribution < -0.4 is 14.8 Å². The molecule has 7 nitrogen and oxygen atoms in total. The number of benzene rings is 2. The van der Waals surface area contributed by atoms with Gasteiger partial charge in [0.25, 0.3) is 5.91 Å². The lowest BCUT2D eigenvalue weighted by Crippen LogP contribution is -2.29. The van der Waals surface area contributed by atoms with E-state index in [-0.39, 0.29) is 12.5 Å². The Morgan fingerprint density at radius 1 is 1.06 bits per heavy atom. The lowest BCUT2D eigenvalue weighted by Gasteiger charge is -2.27. The minimum Gasteiger partial charge on any atom is -0.493 e. The quantitative estimate of drug-likeness (QED) is 0.469. The summed E-state index contributed by atoms with van der Waals surface area (Å²) in [5.41, 5.74) is 2.98. The summed E-state index contributed by atoms with van der Waals surface area (Å²) in [7, 11) is 3.01. The van der Waals surface area contributed by atoms with E-state index in [0.717, 1.165) is 23.5 Å². The van der Waals surface area contributed by atoms with Crippen LogP contribution >= 0.6 is 11.3 Å². The van der Waals surface area contributed by atoms with Crippen molar-refractivity contribution in [1.82, 2.24) is 4.90 Å². The number of carbonyl (C=O) groups is 2. The molecule has 2 aromatic carbocycles. The van der Waals surface area contributed by atoms with E-state index in [1.807, 2.05) is 18.2 Å². The van der Waals surface area contributed by atoms with E-state index in [0.29, 0.717) is 40.6 Å². The molecule has 0 radical (unpaired) electrons. The fraction of sp³-hybridized carbons (Fsp3) is 0.308. The van der Waals surface area contributed by atoms with Gasteiger partial charge in [-0.25, -0.2) is 4.79 Å². The van der Waals surface area contributed by atoms with Crippen LogP contribution in [-0.4, -0.2) is 44.1 Å². The van der Waals surface area contributed by atoms with Crippen molar-refractivity contribution in [2.24, 2.45) is 0 Å². The van der Waals surface area contributed by atoms with Crippen molar-refractivity contribution < 1.29 is 23.8 Å². The lowest BCUT2D eigenvalue weighted by atomic mass is 10.0. The smallest absolute Gasteiger partial charge is 0.341 e. The first-order valence-corrected chi connectivity index (χ1v) is 12.0. The van der Waals surface area contributed by atoms with Gasteiger partial charge in [-0.1, -0.05) is 36.4 Å². The third-order valence-electron chi connectivity index (χ3n) is 5.74. The summed E-state index contributed by atoms with van der Waals surface area (Å²) in [6.07, 6.45) is 0.713. The van der Waals surface area contributed by atoms with Gasteiger partial charge in [0, 0.05) is 24.5 Å². The minimum atomic E-state index is -0.413. The van der Waals surface area contributed by atoms with Crippen LogP contribution in [0.3, 0.4) is 0 Å². The summed E-state index contributed by atoms with van der Waals surface area (Å²) in [5, 5.41) is 3.44. The van der Waals surface area contributed by atoms with E-state index < -0.39 is 5.97 Å². The second-order valence-electron chi connectivity index (χ2n) is 7.87. The first kappa shape index (κ1) is 23.8. The molecule has 0 saturated heterocycles. The molecular formula is C26H28N2O5S. The highest BCUT2D eigenvalue weighted by atomic mass is 32.1. The number of nitrogens with zero attached hydrogens (tertiary/aromatic N) is 1. The van der Waals surface area contributed by atoms with Crippen LogP contribution in [0.2, 0.25) is 0 Å². The van der Waals surface area contributed by atoms with E-state index in [4.69, 9.17) is 14.2 Å². The van der Waals surface area contributed by atoms with Gasteiger partial charge in [-0.15, -0.1) is 11.3 Å². The summed E-state index contributed by atoms with van der Waals surface area (Å²) < 4.78 is 16.1. The number of thiophene rings is 1. The number of hydrogen-bond donors (Lipinski definition) is 1. The third-order valence-corrected chi connectivity index (χ3v) is 6.87. The molecule has 0 atom stereocenters. The zero-order valence-electron chi connectivity index (χ0n) is 19.6. The molecule has 1 N–H and O–H groups in total. The largest absolute Gasteiger partial charge is 0.493 e. The Balaban J connectivity index is 1.63. The van der Waals surface area contributed by atoms with E-state index in [1.54, 1.807) is 25.1 Å². The molecule has 0 saturated carbocycles. The number of esters is 1. The Morgan fingerprint density at radius 2 is 1.85 bits per heavy atom. The van der Waals surface area contributed by atoms with E-state index in [9.17, 15) is 9.59 Å². The van der Waals surface area contributed by atoms with Gasteiger partial charge in [0.2, 0.25) is 0 Å². The molecule has 1 aromatic heterocycles. The van der Waals surface area contributed by atoms with Crippen molar-refractivity contribution >= 4 is 28.2 Å². The number of hydrogen-bond acceptors (Lipinski definition) is 7. The van der Waals surface area contributed by atoms with Gasteiger partial charge >= 0.3 is 5.97 Å². The summed E-state index contributed by atoms with van der Waals surface area (Å²) in [4.78, 5) is 29.5. The van der Waals surface area contributed by atoms with Crippen LogP contribution in [0.4, 0.5) is 5.00 Å². The normalized spacial score (nSPS) is 13.1. The number of para-hydroxylation sites is 1. The van der Waals surface area contributed by atoms with Crippen molar-refractivity contribution in [3.05, 3.63) is 75.7 Å². The van der Waals surface area contributed by atoms with Crippen LogP contribution in [0.5, 0.6) is 11.5 Å². The number of carbonyl (C=O) groups excluding carboxylic acids is 2. The van der Waals surface area contributed by atoms with Crippen molar-refractivity contribution in [3.8, 4) is 11.5 Å². The van der Waals surface area contributed by atoms with Gasteiger partial charge in [0.05, 0.1) is 32.0 Å². The highest BCUT2D eigenvalue weighted by molar-refractivity contribution is 7.17. The molecule has 0 spiro atoms. The monoisotopic (exact) mass is 480 g/mol. The van der Waals surface area contributed by atoms with Crippen LogP contribution in [0.25, 0.3) is 0 Å². The molecule has 1 aliphatic rings. The molecule has 34 heavy (non-hydrogen) atoms. The Labute approximate surface area is 203 Å². The number of fused-ring (bicyclic) bond motifs is 1. The molecule has 0 fully saturated rings. The Bertz CT molecular complexity index is 1180. The lowest BCUT2D eigenvalue weighted by molar-refractivity contribution is 0.0526. The van der Waals surface area contributed by atoms with Crippen molar-refractivity contribution in [2.45, 2.75) is 26.4 Å². The van der Waals surface area contributed by atoms with Crippen LogP contribution in [0, 0.1) is 0 Å². The molecule has 2 heterocycles. The van der Waals surface area contributed by atoms with Gasteiger partial charge in [0.15, 0.2) is 11.5 Å². The number of nitrogens with one attached hydrogen (secondary N) is 1. The fourth-order valence-electron chi connectivity index (χ4n) is 4.18. The third kappa shape index (κ3) is 4.93. The zero-order valence-corrected chi connectivity index (χ0v) is 20.4. The molecule has 0 unspecified atom stereocenters. The summed E-state index contributed by atoms with van der Waals surface area (Å²) in [6.45, 7) is 4.40. The molecule has 0 aliphatic carbocycles. The Morgan fingerprint density at radius 3 is 2.56 bits per heavy atom. The standard InChI is InChI=1S/C26H28N2O5S/c1-4-33-26(30)22-18-13-14-28(15-17-9-6-5-7-10-17)16-21(18)34-25(22)27-24(29)19-11-8-12-20(31-2)23(19)32-3/h5-12H,4,13-16H2,1-3H3,(H,27,29). The first-order valence-electron chi connectivity index (χ1n) is 11.2. The average Bonchev–Trinajstić information content (AvgIpc) is 3.21. The summed E-state index contributed by atoms with van der Waals surface area (Å²) in [6, 6.07) is 15.4. The van der Waals surface area contributed by atoms with Gasteiger partial charge < -0.3 is 19.5 Å². The maximum atomic E-state index is 13.2. The molecule has 0 bridgehead atoms. The van der Waals surface area contributed by atoms with E-state index in [2.05, 4.69) is 22.3 Å². The van der Waals surface area contributed by atoms with E-state index >= 15 is 0 Å². The molecule has 1 aliphatic heterocycles. The molecule has 178 valence electrons. The molecule has 4 rings (SSSR count). The molecule has 1 amide bonds.